The van der Waals surface area contributed by atoms with Crippen LogP contribution in [0.15, 0.2) is 34.9 Å². The van der Waals surface area contributed by atoms with Gasteiger partial charge in [-0.25, -0.2) is 4.79 Å². The number of fused-ring (bicyclic) bond motifs is 1. The summed E-state index contributed by atoms with van der Waals surface area (Å²) in [4.78, 5) is 24.9. The minimum Gasteiger partial charge on any atom is -0.490 e. The number of hydrogen-bond acceptors (Lipinski definition) is 6. The van der Waals surface area contributed by atoms with Crippen molar-refractivity contribution in [1.82, 2.24) is 10.1 Å². The van der Waals surface area contributed by atoms with E-state index < -0.39 is 23.7 Å². The van der Waals surface area contributed by atoms with E-state index in [1.807, 2.05) is 0 Å². The monoisotopic (exact) mass is 439 g/mol. The van der Waals surface area contributed by atoms with Gasteiger partial charge < -0.3 is 24.6 Å². The van der Waals surface area contributed by atoms with Crippen LogP contribution in [0.1, 0.15) is 34.7 Å². The first kappa shape index (κ1) is 21.0. The molecular formula is C20H20F3N3O5. The zero-order chi connectivity index (χ0) is 22.2. The zero-order valence-electron chi connectivity index (χ0n) is 16.3. The fourth-order valence-electron chi connectivity index (χ4n) is 4.15. The summed E-state index contributed by atoms with van der Waals surface area (Å²) >= 11 is 0. The van der Waals surface area contributed by atoms with Crippen LogP contribution in [-0.2, 0) is 17.5 Å². The lowest BCUT2D eigenvalue weighted by molar-refractivity contribution is -0.137. The third-order valence-electron chi connectivity index (χ3n) is 5.58. The van der Waals surface area contributed by atoms with E-state index in [0.29, 0.717) is 25.9 Å². The van der Waals surface area contributed by atoms with Gasteiger partial charge in [0.15, 0.2) is 18.1 Å². The average Bonchev–Trinajstić information content (AvgIpc) is 3.40. The lowest BCUT2D eigenvalue weighted by Gasteiger charge is -2.20. The van der Waals surface area contributed by atoms with Crippen molar-refractivity contribution in [2.75, 3.05) is 13.1 Å². The van der Waals surface area contributed by atoms with Gasteiger partial charge in [0.05, 0.1) is 11.7 Å². The number of halogens is 3. The predicted molar refractivity (Wildman–Crippen MR) is 98.9 cm³/mol. The van der Waals surface area contributed by atoms with Crippen molar-refractivity contribution >= 4 is 12.0 Å². The molecule has 1 aliphatic carbocycles. The van der Waals surface area contributed by atoms with Gasteiger partial charge in [-0.15, -0.1) is 0 Å². The number of carbonyl (C=O) groups excluding carboxylic acids is 2. The molecule has 1 aliphatic heterocycles. The molecule has 0 radical (unpaired) electrons. The third kappa shape index (κ3) is 4.75. The van der Waals surface area contributed by atoms with Crippen LogP contribution in [0.3, 0.4) is 0 Å². The van der Waals surface area contributed by atoms with Gasteiger partial charge in [-0.2, -0.15) is 13.2 Å². The highest BCUT2D eigenvalue weighted by Gasteiger charge is 2.44. The van der Waals surface area contributed by atoms with Gasteiger partial charge >= 0.3 is 12.3 Å². The standard InChI is InChI=1S/C20H20F3N3O5/c21-20(22,23)13-2-1-3-14(6-13)30-15-4-11-8-26(9-12(11)5-15)19(28)29-10-16-7-17(18(24)27)25-31-16/h1-3,6-7,11-12,15H,4-5,8-10H2,(H2,24,27)/t11-,12+,15?. The van der Waals surface area contributed by atoms with Crippen molar-refractivity contribution in [2.45, 2.75) is 31.7 Å². The molecule has 1 aromatic heterocycles. The molecule has 2 N–H and O–H groups in total. The molecule has 0 spiro atoms. The topological polar surface area (TPSA) is 108 Å². The molecule has 0 bridgehead atoms. The molecule has 3 atom stereocenters. The minimum absolute atomic E-state index is 0.0476. The van der Waals surface area contributed by atoms with Gasteiger partial charge in [0.25, 0.3) is 5.91 Å². The molecule has 2 amide bonds. The average molecular weight is 439 g/mol. The second-order valence-electron chi connectivity index (χ2n) is 7.76. The van der Waals surface area contributed by atoms with Crippen molar-refractivity contribution < 1.29 is 36.8 Å². The number of ether oxygens (including phenoxy) is 2. The lowest BCUT2D eigenvalue weighted by Crippen LogP contribution is -2.31. The van der Waals surface area contributed by atoms with Crippen LogP contribution in [0.25, 0.3) is 0 Å². The molecule has 11 heteroatoms. The van der Waals surface area contributed by atoms with E-state index in [9.17, 15) is 22.8 Å². The maximum Gasteiger partial charge on any atom is 0.416 e. The van der Waals surface area contributed by atoms with Gasteiger partial charge in [0.1, 0.15) is 5.75 Å². The van der Waals surface area contributed by atoms with Gasteiger partial charge in [0, 0.05) is 19.2 Å². The van der Waals surface area contributed by atoms with Crippen LogP contribution >= 0.6 is 0 Å². The summed E-state index contributed by atoms with van der Waals surface area (Å²) in [5.41, 5.74) is 4.29. The second-order valence-corrected chi connectivity index (χ2v) is 7.76. The van der Waals surface area contributed by atoms with E-state index >= 15 is 0 Å². The molecule has 8 nitrogen and oxygen atoms in total. The van der Waals surface area contributed by atoms with Crippen molar-refractivity contribution in [1.29, 1.82) is 0 Å². The third-order valence-corrected chi connectivity index (χ3v) is 5.58. The molecule has 31 heavy (non-hydrogen) atoms. The molecular weight excluding hydrogens is 419 g/mol. The first-order chi connectivity index (χ1) is 14.7. The van der Waals surface area contributed by atoms with E-state index in [2.05, 4.69) is 5.16 Å². The number of nitrogens with zero attached hydrogens (tertiary/aromatic N) is 2. The Bertz CT molecular complexity index is 963. The Morgan fingerprint density at radius 1 is 1.19 bits per heavy atom. The maximum absolute atomic E-state index is 12.9. The Kier molecular flexibility index (Phi) is 5.50. The van der Waals surface area contributed by atoms with Crippen LogP contribution in [0.5, 0.6) is 5.75 Å². The fourth-order valence-corrected chi connectivity index (χ4v) is 4.15. The largest absolute Gasteiger partial charge is 0.490 e. The van der Waals surface area contributed by atoms with Crippen molar-refractivity contribution in [3.63, 3.8) is 0 Å². The number of likely N-dealkylation sites (tertiary alicyclic amines) is 1. The number of primary amides is 1. The molecule has 1 unspecified atom stereocenters. The number of amides is 2. The van der Waals surface area contributed by atoms with Crippen LogP contribution in [0, 0.1) is 11.8 Å². The van der Waals surface area contributed by atoms with Crippen LogP contribution in [-0.4, -0.2) is 41.3 Å². The van der Waals surface area contributed by atoms with Crippen LogP contribution in [0.4, 0.5) is 18.0 Å². The van der Waals surface area contributed by atoms with Crippen LogP contribution in [0.2, 0.25) is 0 Å². The Hall–Kier alpha value is -3.24. The van der Waals surface area contributed by atoms with Gasteiger partial charge in [0.2, 0.25) is 0 Å². The summed E-state index contributed by atoms with van der Waals surface area (Å²) in [6.45, 7) is 0.788. The number of alkyl halides is 3. The summed E-state index contributed by atoms with van der Waals surface area (Å²) in [6.07, 6.45) is -3.83. The highest BCUT2D eigenvalue weighted by atomic mass is 19.4. The number of benzene rings is 1. The number of hydrogen-bond donors (Lipinski definition) is 1. The molecule has 1 saturated heterocycles. The van der Waals surface area contributed by atoms with E-state index in [0.717, 1.165) is 12.1 Å². The van der Waals surface area contributed by atoms with E-state index in [-0.39, 0.29) is 41.8 Å². The molecule has 2 aromatic rings. The smallest absolute Gasteiger partial charge is 0.416 e. The summed E-state index contributed by atoms with van der Waals surface area (Å²) in [6, 6.07) is 6.16. The Morgan fingerprint density at radius 2 is 1.90 bits per heavy atom. The van der Waals surface area contributed by atoms with Gasteiger partial charge in [-0.3, -0.25) is 4.79 Å². The Morgan fingerprint density at radius 3 is 2.52 bits per heavy atom. The van der Waals surface area contributed by atoms with Crippen molar-refractivity contribution in [3.8, 4) is 5.75 Å². The fraction of sp³-hybridized carbons (Fsp3) is 0.450. The number of rotatable bonds is 5. The van der Waals surface area contributed by atoms with Gasteiger partial charge in [-0.05, 0) is 42.9 Å². The molecule has 2 fully saturated rings. The molecule has 4 rings (SSSR count). The summed E-state index contributed by atoms with van der Waals surface area (Å²) in [5, 5.41) is 3.47. The number of nitrogens with two attached hydrogens (primary N) is 1. The Balaban J connectivity index is 1.26. The minimum atomic E-state index is -4.42. The number of carbonyl (C=O) groups is 2. The molecule has 2 heterocycles. The molecule has 1 aromatic carbocycles. The van der Waals surface area contributed by atoms with E-state index in [4.69, 9.17) is 19.7 Å². The summed E-state index contributed by atoms with van der Waals surface area (Å²) in [7, 11) is 0. The van der Waals surface area contributed by atoms with Gasteiger partial charge in [-0.1, -0.05) is 11.2 Å². The highest BCUT2D eigenvalue weighted by molar-refractivity contribution is 5.90. The van der Waals surface area contributed by atoms with E-state index in [1.54, 1.807) is 4.90 Å². The zero-order valence-corrected chi connectivity index (χ0v) is 16.3. The van der Waals surface area contributed by atoms with E-state index in [1.165, 1.54) is 18.2 Å². The normalized spacial score (nSPS) is 22.9. The molecule has 166 valence electrons. The number of aromatic nitrogens is 1. The van der Waals surface area contributed by atoms with Crippen molar-refractivity contribution in [2.24, 2.45) is 17.6 Å². The summed E-state index contributed by atoms with van der Waals surface area (Å²) in [5.74, 6) is 0.0373. The van der Waals surface area contributed by atoms with Crippen LogP contribution < -0.4 is 10.5 Å². The maximum atomic E-state index is 12.9. The first-order valence-electron chi connectivity index (χ1n) is 9.70. The Labute approximate surface area is 175 Å². The quantitative estimate of drug-likeness (QED) is 0.767. The molecule has 1 saturated carbocycles. The molecule has 2 aliphatic rings. The summed E-state index contributed by atoms with van der Waals surface area (Å²) < 4.78 is 54.4. The highest BCUT2D eigenvalue weighted by Crippen LogP contribution is 2.40. The second kappa shape index (κ2) is 8.12. The first-order valence-corrected chi connectivity index (χ1v) is 9.70. The lowest BCUT2D eigenvalue weighted by atomic mass is 10.0. The predicted octanol–water partition coefficient (Wildman–Crippen LogP) is 3.22. The van der Waals surface area contributed by atoms with Crippen molar-refractivity contribution in [3.05, 3.63) is 47.3 Å². The SMILES string of the molecule is NC(=O)c1cc(COC(=O)N2C[C@H]3CC(Oc4cccc(C(F)(F)F)c4)C[C@H]3C2)on1.